The summed E-state index contributed by atoms with van der Waals surface area (Å²) in [6.45, 7) is 2.02. The molecule has 0 saturated heterocycles. The van der Waals surface area contributed by atoms with Crippen LogP contribution in [0.15, 0.2) is 73.3 Å². The number of aryl methyl sites for hydroxylation is 1. The van der Waals surface area contributed by atoms with Gasteiger partial charge < -0.3 is 4.74 Å². The SMILES string of the molecule is Cc1cn(-c2cnc3ccc(C(=O)c4c(F)ccc(OCc5cccc(Cl)c5)c4Cl)cc3n2)cn1. The highest BCUT2D eigenvalue weighted by Gasteiger charge is 2.22. The minimum Gasteiger partial charge on any atom is -0.487 e. The van der Waals surface area contributed by atoms with E-state index in [1.807, 2.05) is 19.2 Å². The summed E-state index contributed by atoms with van der Waals surface area (Å²) < 4.78 is 22.3. The number of hydrogen-bond acceptors (Lipinski definition) is 5. The van der Waals surface area contributed by atoms with E-state index in [4.69, 9.17) is 27.9 Å². The number of nitrogens with zero attached hydrogens (tertiary/aromatic N) is 4. The van der Waals surface area contributed by atoms with Gasteiger partial charge in [0.1, 0.15) is 24.5 Å². The van der Waals surface area contributed by atoms with E-state index in [1.165, 1.54) is 6.07 Å². The molecule has 0 spiro atoms. The lowest BCUT2D eigenvalue weighted by Gasteiger charge is -2.12. The van der Waals surface area contributed by atoms with Crippen molar-refractivity contribution in [3.8, 4) is 11.6 Å². The Morgan fingerprint density at radius 1 is 1.06 bits per heavy atom. The van der Waals surface area contributed by atoms with Gasteiger partial charge in [-0.15, -0.1) is 0 Å². The summed E-state index contributed by atoms with van der Waals surface area (Å²) in [5.74, 6) is -0.602. The molecule has 0 atom stereocenters. The number of fused-ring (bicyclic) bond motifs is 1. The molecule has 0 aliphatic heterocycles. The van der Waals surface area contributed by atoms with Crippen LogP contribution in [0.1, 0.15) is 27.2 Å². The number of carbonyl (C=O) groups is 1. The molecule has 2 aromatic heterocycles. The zero-order valence-corrected chi connectivity index (χ0v) is 19.9. The Balaban J connectivity index is 1.47. The molecule has 6 nitrogen and oxygen atoms in total. The Labute approximate surface area is 210 Å². The topological polar surface area (TPSA) is 69.9 Å². The summed E-state index contributed by atoms with van der Waals surface area (Å²) in [5.41, 5.74) is 2.65. The third kappa shape index (κ3) is 4.73. The molecule has 0 aliphatic carbocycles. The second-order valence-corrected chi connectivity index (χ2v) is 8.65. The van der Waals surface area contributed by atoms with Crippen LogP contribution in [-0.4, -0.2) is 25.3 Å². The Bertz CT molecular complexity index is 1590. The van der Waals surface area contributed by atoms with Gasteiger partial charge >= 0.3 is 0 Å². The van der Waals surface area contributed by atoms with Crippen LogP contribution in [0, 0.1) is 12.7 Å². The van der Waals surface area contributed by atoms with Crippen molar-refractivity contribution in [2.45, 2.75) is 13.5 Å². The highest BCUT2D eigenvalue weighted by molar-refractivity contribution is 6.36. The summed E-state index contributed by atoms with van der Waals surface area (Å²) in [6, 6.07) is 14.5. The van der Waals surface area contributed by atoms with Crippen molar-refractivity contribution < 1.29 is 13.9 Å². The molecule has 174 valence electrons. The van der Waals surface area contributed by atoms with Gasteiger partial charge in [-0.05, 0) is 55.0 Å². The van der Waals surface area contributed by atoms with Crippen LogP contribution in [0.25, 0.3) is 16.9 Å². The molecule has 0 unspecified atom stereocenters. The molecule has 2 heterocycles. The summed E-state index contributed by atoms with van der Waals surface area (Å²) in [5, 5.41) is 0.462. The van der Waals surface area contributed by atoms with Gasteiger partial charge in [-0.3, -0.25) is 14.3 Å². The number of carbonyl (C=O) groups excluding carboxylic acids is 1. The predicted molar refractivity (Wildman–Crippen MR) is 132 cm³/mol. The van der Waals surface area contributed by atoms with Gasteiger partial charge in [0.15, 0.2) is 11.6 Å². The van der Waals surface area contributed by atoms with Crippen LogP contribution in [0.2, 0.25) is 10.0 Å². The van der Waals surface area contributed by atoms with Crippen LogP contribution in [0.5, 0.6) is 5.75 Å². The van der Waals surface area contributed by atoms with Crippen molar-refractivity contribution in [2.75, 3.05) is 0 Å². The first-order valence-electron chi connectivity index (χ1n) is 10.6. The van der Waals surface area contributed by atoms with Crippen LogP contribution >= 0.6 is 23.2 Å². The fourth-order valence-electron chi connectivity index (χ4n) is 3.60. The van der Waals surface area contributed by atoms with Crippen LogP contribution in [0.3, 0.4) is 0 Å². The predicted octanol–water partition coefficient (Wildman–Crippen LogP) is 6.38. The molecular weight excluding hydrogens is 490 g/mol. The summed E-state index contributed by atoms with van der Waals surface area (Å²) in [7, 11) is 0. The van der Waals surface area contributed by atoms with Crippen LogP contribution in [0.4, 0.5) is 4.39 Å². The maximum Gasteiger partial charge on any atom is 0.197 e. The van der Waals surface area contributed by atoms with Gasteiger partial charge in [-0.25, -0.2) is 14.4 Å². The molecule has 0 aliphatic rings. The Hall–Kier alpha value is -3.81. The molecule has 35 heavy (non-hydrogen) atoms. The number of hydrogen-bond donors (Lipinski definition) is 0. The molecule has 0 N–H and O–H groups in total. The van der Waals surface area contributed by atoms with E-state index in [0.717, 1.165) is 17.3 Å². The average Bonchev–Trinajstić information content (AvgIpc) is 3.29. The maximum absolute atomic E-state index is 14.8. The number of imidazole rings is 1. The van der Waals surface area contributed by atoms with Gasteiger partial charge in [-0.1, -0.05) is 35.3 Å². The van der Waals surface area contributed by atoms with E-state index >= 15 is 0 Å². The quantitative estimate of drug-likeness (QED) is 0.250. The standard InChI is InChI=1S/C26H17Cl2FN4O2/c1-15-12-33(14-31-15)23-11-30-20-7-5-17(10-21(20)32-23)26(34)24-19(29)6-8-22(25(24)28)35-13-16-3-2-4-18(27)9-16/h2-12,14H,13H2,1H3. The first kappa shape index (κ1) is 23.0. The van der Waals surface area contributed by atoms with Gasteiger partial charge in [0.25, 0.3) is 0 Å². The van der Waals surface area contributed by atoms with Crippen molar-refractivity contribution >= 4 is 40.0 Å². The molecule has 0 fully saturated rings. The minimum atomic E-state index is -0.746. The Morgan fingerprint density at radius 3 is 2.69 bits per heavy atom. The fourth-order valence-corrected chi connectivity index (χ4v) is 4.11. The first-order valence-corrected chi connectivity index (χ1v) is 11.3. The number of aromatic nitrogens is 4. The zero-order valence-electron chi connectivity index (χ0n) is 18.4. The zero-order chi connectivity index (χ0) is 24.5. The molecule has 0 amide bonds. The van der Waals surface area contributed by atoms with Crippen molar-refractivity contribution in [3.63, 3.8) is 0 Å². The van der Waals surface area contributed by atoms with Crippen LogP contribution in [-0.2, 0) is 6.61 Å². The normalized spacial score (nSPS) is 11.1. The second kappa shape index (κ2) is 9.44. The van der Waals surface area contributed by atoms with Crippen LogP contribution < -0.4 is 4.74 Å². The second-order valence-electron chi connectivity index (χ2n) is 7.84. The minimum absolute atomic E-state index is 0.106. The molecule has 0 radical (unpaired) electrons. The number of halogens is 3. The van der Waals surface area contributed by atoms with E-state index in [-0.39, 0.29) is 28.5 Å². The molecule has 5 rings (SSSR count). The maximum atomic E-state index is 14.8. The van der Waals surface area contributed by atoms with E-state index < -0.39 is 11.6 Å². The smallest absolute Gasteiger partial charge is 0.197 e. The third-order valence-corrected chi connectivity index (χ3v) is 5.94. The van der Waals surface area contributed by atoms with E-state index in [2.05, 4.69) is 15.0 Å². The van der Waals surface area contributed by atoms with Crippen molar-refractivity contribution in [2.24, 2.45) is 0 Å². The average molecular weight is 507 g/mol. The molecule has 0 bridgehead atoms. The largest absolute Gasteiger partial charge is 0.487 e. The highest BCUT2D eigenvalue weighted by atomic mass is 35.5. The van der Waals surface area contributed by atoms with Gasteiger partial charge in [0.2, 0.25) is 0 Å². The fraction of sp³-hybridized carbons (Fsp3) is 0.0769. The summed E-state index contributed by atoms with van der Waals surface area (Å²) in [4.78, 5) is 26.5. The monoisotopic (exact) mass is 506 g/mol. The lowest BCUT2D eigenvalue weighted by molar-refractivity contribution is 0.103. The molecular formula is C26H17Cl2FN4O2. The number of benzene rings is 3. The lowest BCUT2D eigenvalue weighted by Crippen LogP contribution is -2.08. The van der Waals surface area contributed by atoms with Gasteiger partial charge in [-0.2, -0.15) is 0 Å². The van der Waals surface area contributed by atoms with Crippen molar-refractivity contribution in [1.82, 2.24) is 19.5 Å². The first-order chi connectivity index (χ1) is 16.9. The third-order valence-electron chi connectivity index (χ3n) is 5.33. The van der Waals surface area contributed by atoms with Crippen molar-refractivity contribution in [1.29, 1.82) is 0 Å². The number of ketones is 1. The molecule has 9 heteroatoms. The van der Waals surface area contributed by atoms with E-state index in [1.54, 1.807) is 53.5 Å². The molecule has 3 aromatic carbocycles. The lowest BCUT2D eigenvalue weighted by atomic mass is 10.0. The molecule has 5 aromatic rings. The van der Waals surface area contributed by atoms with Crippen molar-refractivity contribution in [3.05, 3.63) is 112 Å². The van der Waals surface area contributed by atoms with Gasteiger partial charge in [0, 0.05) is 16.8 Å². The van der Waals surface area contributed by atoms with E-state index in [0.29, 0.717) is 21.9 Å². The molecule has 0 saturated carbocycles. The number of rotatable bonds is 6. The van der Waals surface area contributed by atoms with E-state index in [9.17, 15) is 9.18 Å². The number of ether oxygens (including phenoxy) is 1. The summed E-state index contributed by atoms with van der Waals surface area (Å²) >= 11 is 12.4. The highest BCUT2D eigenvalue weighted by Crippen LogP contribution is 2.33. The Morgan fingerprint density at radius 2 is 1.91 bits per heavy atom. The summed E-state index contributed by atoms with van der Waals surface area (Å²) in [6.07, 6.45) is 5.06. The Kier molecular flexibility index (Phi) is 6.19. The van der Waals surface area contributed by atoms with Gasteiger partial charge in [0.05, 0.1) is 33.5 Å².